The van der Waals surface area contributed by atoms with Gasteiger partial charge >= 0.3 is 0 Å². The number of hydrogen-bond donors (Lipinski definition) is 0. The average Bonchev–Trinajstić information content (AvgIpc) is 3.02. The van der Waals surface area contributed by atoms with Gasteiger partial charge in [-0.3, -0.25) is 9.48 Å². The molecular weight excluding hydrogens is 286 g/mol. The quantitative estimate of drug-likeness (QED) is 0.692. The molecule has 0 N–H and O–H groups in total. The van der Waals surface area contributed by atoms with Gasteiger partial charge in [-0.25, -0.2) is 0 Å². The van der Waals surface area contributed by atoms with Crippen LogP contribution >= 0.6 is 11.6 Å². The molecule has 0 amide bonds. The monoisotopic (exact) mass is 301 g/mol. The number of rotatable bonds is 4. The van der Waals surface area contributed by atoms with Gasteiger partial charge in [0.2, 0.25) is 0 Å². The van der Waals surface area contributed by atoms with Crippen molar-refractivity contribution in [2.75, 3.05) is 0 Å². The molecule has 0 spiro atoms. The second-order valence-electron chi connectivity index (χ2n) is 5.06. The topological polar surface area (TPSA) is 39.8 Å². The van der Waals surface area contributed by atoms with Crippen LogP contribution in [0.25, 0.3) is 10.9 Å². The molecule has 3 rings (SSSR count). The zero-order valence-electron chi connectivity index (χ0n) is 12.0. The molecule has 5 heteroatoms. The molecule has 4 nitrogen and oxygen atoms in total. The van der Waals surface area contributed by atoms with Crippen molar-refractivity contribution >= 4 is 28.8 Å². The molecule has 0 atom stereocenters. The van der Waals surface area contributed by atoms with Crippen molar-refractivity contribution in [2.45, 2.75) is 19.9 Å². The second-order valence-corrected chi connectivity index (χ2v) is 5.44. The summed E-state index contributed by atoms with van der Waals surface area (Å²) in [7, 11) is 1.91. The van der Waals surface area contributed by atoms with Crippen LogP contribution in [0, 0.1) is 0 Å². The standard InChI is InChI=1S/C16H16ClN3O/c1-3-13-16(17)15(19(2)18-13)9-20-7-6-12-5-4-11(10-21)8-14(12)20/h4-8,10H,3,9H2,1-2H3. The van der Waals surface area contributed by atoms with Gasteiger partial charge in [-0.15, -0.1) is 0 Å². The van der Waals surface area contributed by atoms with Gasteiger partial charge in [0, 0.05) is 24.3 Å². The first-order valence-electron chi connectivity index (χ1n) is 6.88. The lowest BCUT2D eigenvalue weighted by molar-refractivity contribution is 0.112. The molecule has 0 radical (unpaired) electrons. The summed E-state index contributed by atoms with van der Waals surface area (Å²) in [5.74, 6) is 0. The van der Waals surface area contributed by atoms with Gasteiger partial charge in [0.1, 0.15) is 6.29 Å². The van der Waals surface area contributed by atoms with Gasteiger partial charge in [-0.2, -0.15) is 5.10 Å². The molecule has 0 bridgehead atoms. The van der Waals surface area contributed by atoms with Crippen LogP contribution in [0.15, 0.2) is 30.5 Å². The Kier molecular flexibility index (Phi) is 3.55. The van der Waals surface area contributed by atoms with Gasteiger partial charge in [0.25, 0.3) is 0 Å². The number of halogens is 1. The Morgan fingerprint density at radius 1 is 1.33 bits per heavy atom. The first-order valence-corrected chi connectivity index (χ1v) is 7.26. The van der Waals surface area contributed by atoms with Crippen molar-refractivity contribution in [3.05, 3.63) is 52.4 Å². The highest BCUT2D eigenvalue weighted by molar-refractivity contribution is 6.31. The van der Waals surface area contributed by atoms with Crippen molar-refractivity contribution < 1.29 is 4.79 Å². The lowest BCUT2D eigenvalue weighted by Crippen LogP contribution is -2.05. The molecule has 2 aromatic heterocycles. The van der Waals surface area contributed by atoms with Gasteiger partial charge < -0.3 is 4.57 Å². The van der Waals surface area contributed by atoms with Gasteiger partial charge in [0.15, 0.2) is 0 Å². The van der Waals surface area contributed by atoms with E-state index in [0.717, 1.165) is 40.0 Å². The molecule has 108 valence electrons. The number of aromatic nitrogens is 3. The van der Waals surface area contributed by atoms with Gasteiger partial charge in [-0.05, 0) is 23.9 Å². The molecule has 0 aliphatic carbocycles. The summed E-state index contributed by atoms with van der Waals surface area (Å²) in [6, 6.07) is 7.71. The number of aryl methyl sites for hydroxylation is 2. The van der Waals surface area contributed by atoms with Gasteiger partial charge in [0.05, 0.1) is 23.0 Å². The number of benzene rings is 1. The summed E-state index contributed by atoms with van der Waals surface area (Å²) in [6.07, 6.45) is 3.69. The third-order valence-electron chi connectivity index (χ3n) is 3.76. The summed E-state index contributed by atoms with van der Waals surface area (Å²) in [6.45, 7) is 2.67. The Morgan fingerprint density at radius 2 is 2.14 bits per heavy atom. The molecule has 3 aromatic rings. The molecule has 21 heavy (non-hydrogen) atoms. The SMILES string of the molecule is CCc1nn(C)c(Cn2ccc3ccc(C=O)cc32)c1Cl. The maximum atomic E-state index is 10.9. The predicted molar refractivity (Wildman–Crippen MR) is 84.0 cm³/mol. The molecular formula is C16H16ClN3O. The summed E-state index contributed by atoms with van der Waals surface area (Å²) in [5.41, 5.74) is 3.59. The largest absolute Gasteiger partial charge is 0.341 e. The molecule has 0 fully saturated rings. The molecule has 0 saturated carbocycles. The third kappa shape index (κ3) is 2.36. The Labute approximate surface area is 127 Å². The van der Waals surface area contributed by atoms with Crippen LogP contribution in [0.4, 0.5) is 0 Å². The van der Waals surface area contributed by atoms with Crippen LogP contribution in [-0.2, 0) is 20.0 Å². The van der Waals surface area contributed by atoms with E-state index in [1.807, 2.05) is 49.1 Å². The van der Waals surface area contributed by atoms with Crippen molar-refractivity contribution in [1.29, 1.82) is 0 Å². The lowest BCUT2D eigenvalue weighted by atomic mass is 10.2. The average molecular weight is 302 g/mol. The minimum Gasteiger partial charge on any atom is -0.341 e. The van der Waals surface area contributed by atoms with E-state index in [0.29, 0.717) is 12.1 Å². The van der Waals surface area contributed by atoms with Crippen LogP contribution in [0.3, 0.4) is 0 Å². The van der Waals surface area contributed by atoms with Crippen LogP contribution in [0.2, 0.25) is 5.02 Å². The minimum atomic E-state index is 0.633. The Morgan fingerprint density at radius 3 is 2.81 bits per heavy atom. The fourth-order valence-electron chi connectivity index (χ4n) is 2.57. The minimum absolute atomic E-state index is 0.633. The fourth-order valence-corrected chi connectivity index (χ4v) is 2.92. The van der Waals surface area contributed by atoms with Crippen molar-refractivity contribution in [3.63, 3.8) is 0 Å². The van der Waals surface area contributed by atoms with E-state index in [4.69, 9.17) is 11.6 Å². The summed E-state index contributed by atoms with van der Waals surface area (Å²) >= 11 is 6.40. The molecule has 0 saturated heterocycles. The summed E-state index contributed by atoms with van der Waals surface area (Å²) < 4.78 is 3.92. The van der Waals surface area contributed by atoms with E-state index in [-0.39, 0.29) is 0 Å². The van der Waals surface area contributed by atoms with Crippen LogP contribution in [0.1, 0.15) is 28.7 Å². The predicted octanol–water partition coefficient (Wildman–Crippen LogP) is 3.45. The third-order valence-corrected chi connectivity index (χ3v) is 4.19. The Balaban J connectivity index is 2.06. The summed E-state index contributed by atoms with van der Waals surface area (Å²) in [4.78, 5) is 10.9. The normalized spacial score (nSPS) is 11.2. The first kappa shape index (κ1) is 13.9. The van der Waals surface area contributed by atoms with E-state index in [9.17, 15) is 4.79 Å². The first-order chi connectivity index (χ1) is 10.1. The molecule has 1 aromatic carbocycles. The number of aldehydes is 1. The van der Waals surface area contributed by atoms with Crippen LogP contribution < -0.4 is 0 Å². The highest BCUT2D eigenvalue weighted by atomic mass is 35.5. The molecule has 2 heterocycles. The smallest absolute Gasteiger partial charge is 0.150 e. The summed E-state index contributed by atoms with van der Waals surface area (Å²) in [5, 5.41) is 6.27. The Hall–Kier alpha value is -2.07. The second kappa shape index (κ2) is 5.37. The number of carbonyl (C=O) groups is 1. The number of nitrogens with zero attached hydrogens (tertiary/aromatic N) is 3. The van der Waals surface area contributed by atoms with Crippen molar-refractivity contribution in [2.24, 2.45) is 7.05 Å². The zero-order chi connectivity index (χ0) is 15.0. The highest BCUT2D eigenvalue weighted by Crippen LogP contribution is 2.24. The lowest BCUT2D eigenvalue weighted by Gasteiger charge is -2.07. The molecule has 0 aliphatic rings. The number of fused-ring (bicyclic) bond motifs is 1. The van der Waals surface area contributed by atoms with Crippen molar-refractivity contribution in [3.8, 4) is 0 Å². The number of carbonyl (C=O) groups excluding carboxylic acids is 1. The maximum Gasteiger partial charge on any atom is 0.150 e. The zero-order valence-corrected chi connectivity index (χ0v) is 12.8. The highest BCUT2D eigenvalue weighted by Gasteiger charge is 2.14. The van der Waals surface area contributed by atoms with E-state index in [2.05, 4.69) is 9.67 Å². The van der Waals surface area contributed by atoms with E-state index in [1.54, 1.807) is 0 Å². The van der Waals surface area contributed by atoms with E-state index >= 15 is 0 Å². The van der Waals surface area contributed by atoms with Crippen molar-refractivity contribution in [1.82, 2.24) is 14.3 Å². The Bertz CT molecular complexity index is 816. The van der Waals surface area contributed by atoms with Crippen LogP contribution in [-0.4, -0.2) is 20.6 Å². The molecule has 0 aliphatic heterocycles. The number of hydrogen-bond acceptors (Lipinski definition) is 2. The molecule has 0 unspecified atom stereocenters. The van der Waals surface area contributed by atoms with E-state index < -0.39 is 0 Å². The maximum absolute atomic E-state index is 10.9. The fraction of sp³-hybridized carbons (Fsp3) is 0.250. The van der Waals surface area contributed by atoms with E-state index in [1.165, 1.54) is 0 Å². The van der Waals surface area contributed by atoms with Crippen LogP contribution in [0.5, 0.6) is 0 Å². The van der Waals surface area contributed by atoms with Gasteiger partial charge in [-0.1, -0.05) is 30.7 Å².